The highest BCUT2D eigenvalue weighted by Crippen LogP contribution is 2.42. The summed E-state index contributed by atoms with van der Waals surface area (Å²) in [5, 5.41) is 11.8. The molecule has 6 heteroatoms. The van der Waals surface area contributed by atoms with Gasteiger partial charge in [0.25, 0.3) is 0 Å². The molecule has 0 unspecified atom stereocenters. The summed E-state index contributed by atoms with van der Waals surface area (Å²) in [5.74, 6) is -1.58. The molecule has 1 aliphatic rings. The van der Waals surface area contributed by atoms with Crippen LogP contribution in [0.3, 0.4) is 0 Å². The summed E-state index contributed by atoms with van der Waals surface area (Å²) in [7, 11) is 0. The molecule has 1 fully saturated rings. The Balaban J connectivity index is 2.07. The van der Waals surface area contributed by atoms with Gasteiger partial charge in [-0.15, -0.1) is 0 Å². The van der Waals surface area contributed by atoms with Crippen LogP contribution >= 0.6 is 15.9 Å². The minimum atomic E-state index is -0.873. The monoisotopic (exact) mass is 371 g/mol. The van der Waals surface area contributed by atoms with Gasteiger partial charge in [0.2, 0.25) is 5.91 Å². The van der Waals surface area contributed by atoms with E-state index in [1.165, 1.54) is 18.2 Å². The summed E-state index contributed by atoms with van der Waals surface area (Å²) in [6, 6.07) is 4.07. The normalized spacial score (nSPS) is 17.0. The van der Waals surface area contributed by atoms with Crippen molar-refractivity contribution < 1.29 is 19.1 Å². The van der Waals surface area contributed by atoms with Gasteiger partial charge in [-0.05, 0) is 52.4 Å². The minimum absolute atomic E-state index is 0.00470. The molecule has 22 heavy (non-hydrogen) atoms. The van der Waals surface area contributed by atoms with Gasteiger partial charge in [0, 0.05) is 10.9 Å². The van der Waals surface area contributed by atoms with E-state index in [4.69, 9.17) is 5.11 Å². The topological polar surface area (TPSA) is 66.4 Å². The first-order valence-corrected chi connectivity index (χ1v) is 8.16. The molecule has 2 rings (SSSR count). The van der Waals surface area contributed by atoms with E-state index >= 15 is 0 Å². The molecule has 0 saturated heterocycles. The van der Waals surface area contributed by atoms with Crippen LogP contribution in [0, 0.1) is 11.2 Å². The summed E-state index contributed by atoms with van der Waals surface area (Å²) < 4.78 is 13.8. The molecule has 1 aromatic carbocycles. The maximum absolute atomic E-state index is 13.3. The van der Waals surface area contributed by atoms with Gasteiger partial charge < -0.3 is 10.4 Å². The van der Waals surface area contributed by atoms with Crippen molar-refractivity contribution in [2.75, 3.05) is 5.32 Å². The molecule has 2 N–H and O–H groups in total. The number of carboxylic acid groups (broad SMARTS) is 1. The first kappa shape index (κ1) is 16.9. The zero-order chi connectivity index (χ0) is 16.2. The number of benzene rings is 1. The number of carbonyl (C=O) groups excluding carboxylic acids is 1. The smallest absolute Gasteiger partial charge is 0.303 e. The summed E-state index contributed by atoms with van der Waals surface area (Å²) in [5.41, 5.74) is -0.111. The lowest BCUT2D eigenvalue weighted by atomic mass is 9.69. The van der Waals surface area contributed by atoms with Crippen molar-refractivity contribution in [1.82, 2.24) is 0 Å². The van der Waals surface area contributed by atoms with Crippen LogP contribution in [0.15, 0.2) is 22.7 Å². The SMILES string of the molecule is O=C(O)CC1(CC(=O)Nc2cc(F)ccc2Br)CCCCC1. The van der Waals surface area contributed by atoms with Crippen molar-refractivity contribution in [3.05, 3.63) is 28.5 Å². The fourth-order valence-electron chi connectivity index (χ4n) is 3.17. The predicted molar refractivity (Wildman–Crippen MR) is 85.1 cm³/mol. The van der Waals surface area contributed by atoms with Gasteiger partial charge in [-0.25, -0.2) is 4.39 Å². The molecule has 1 aliphatic carbocycles. The van der Waals surface area contributed by atoms with E-state index in [0.717, 1.165) is 32.1 Å². The molecule has 1 saturated carbocycles. The predicted octanol–water partition coefficient (Wildman–Crippen LogP) is 4.34. The Hall–Kier alpha value is -1.43. The zero-order valence-corrected chi connectivity index (χ0v) is 13.8. The highest BCUT2D eigenvalue weighted by atomic mass is 79.9. The lowest BCUT2D eigenvalue weighted by Gasteiger charge is -2.35. The van der Waals surface area contributed by atoms with E-state index in [2.05, 4.69) is 21.2 Å². The van der Waals surface area contributed by atoms with E-state index in [0.29, 0.717) is 10.2 Å². The Labute approximate surface area is 137 Å². The second-order valence-corrected chi connectivity index (χ2v) is 6.83. The van der Waals surface area contributed by atoms with Crippen molar-refractivity contribution in [2.24, 2.45) is 5.41 Å². The fourth-order valence-corrected chi connectivity index (χ4v) is 3.51. The lowest BCUT2D eigenvalue weighted by Crippen LogP contribution is -2.32. The van der Waals surface area contributed by atoms with Crippen molar-refractivity contribution in [3.8, 4) is 0 Å². The molecule has 0 radical (unpaired) electrons. The third-order valence-electron chi connectivity index (χ3n) is 4.18. The van der Waals surface area contributed by atoms with E-state index < -0.39 is 17.2 Å². The summed E-state index contributed by atoms with van der Waals surface area (Å²) in [4.78, 5) is 23.4. The number of halogens is 2. The van der Waals surface area contributed by atoms with Crippen molar-refractivity contribution in [1.29, 1.82) is 0 Å². The molecule has 4 nitrogen and oxygen atoms in total. The molecule has 0 bridgehead atoms. The van der Waals surface area contributed by atoms with Crippen LogP contribution in [-0.4, -0.2) is 17.0 Å². The van der Waals surface area contributed by atoms with Gasteiger partial charge in [-0.3, -0.25) is 9.59 Å². The molecule has 0 aromatic heterocycles. The maximum Gasteiger partial charge on any atom is 0.303 e. The number of anilines is 1. The number of carboxylic acids is 1. The summed E-state index contributed by atoms with van der Waals surface area (Å²) in [6.07, 6.45) is 4.63. The Morgan fingerprint density at radius 1 is 1.23 bits per heavy atom. The van der Waals surface area contributed by atoms with Gasteiger partial charge in [-0.1, -0.05) is 19.3 Å². The molecule has 120 valence electrons. The average molecular weight is 372 g/mol. The molecule has 0 heterocycles. The average Bonchev–Trinajstić information content (AvgIpc) is 2.42. The zero-order valence-electron chi connectivity index (χ0n) is 12.2. The van der Waals surface area contributed by atoms with Crippen LogP contribution in [0.5, 0.6) is 0 Å². The van der Waals surface area contributed by atoms with E-state index in [9.17, 15) is 14.0 Å². The third-order valence-corrected chi connectivity index (χ3v) is 4.87. The van der Waals surface area contributed by atoms with E-state index in [-0.39, 0.29) is 18.7 Å². The van der Waals surface area contributed by atoms with E-state index in [1.807, 2.05) is 0 Å². The standard InChI is InChI=1S/C16H19BrFNO3/c17-12-5-4-11(18)8-13(12)19-14(20)9-16(10-15(21)22)6-2-1-3-7-16/h4-5,8H,1-3,6-7,9-10H2,(H,19,20)(H,21,22). The molecule has 1 amide bonds. The van der Waals surface area contributed by atoms with E-state index in [1.54, 1.807) is 0 Å². The highest BCUT2D eigenvalue weighted by molar-refractivity contribution is 9.10. The van der Waals surface area contributed by atoms with Crippen LogP contribution in [0.4, 0.5) is 10.1 Å². The maximum atomic E-state index is 13.3. The lowest BCUT2D eigenvalue weighted by molar-refractivity contribution is -0.140. The Kier molecular flexibility index (Phi) is 5.56. The fraction of sp³-hybridized carbons (Fsp3) is 0.500. The number of aliphatic carboxylic acids is 1. The number of hydrogen-bond donors (Lipinski definition) is 2. The van der Waals surface area contributed by atoms with Gasteiger partial charge in [-0.2, -0.15) is 0 Å². The summed E-state index contributed by atoms with van der Waals surface area (Å²) >= 11 is 3.26. The second kappa shape index (κ2) is 7.22. The first-order valence-electron chi connectivity index (χ1n) is 7.37. The number of nitrogens with one attached hydrogen (secondary N) is 1. The van der Waals surface area contributed by atoms with Gasteiger partial charge in [0.15, 0.2) is 0 Å². The molecular weight excluding hydrogens is 353 g/mol. The molecule has 0 aliphatic heterocycles. The van der Waals surface area contributed by atoms with Gasteiger partial charge in [0.1, 0.15) is 5.82 Å². The molecule has 1 aromatic rings. The minimum Gasteiger partial charge on any atom is -0.481 e. The second-order valence-electron chi connectivity index (χ2n) is 5.98. The van der Waals surface area contributed by atoms with Crippen LogP contribution in [0.25, 0.3) is 0 Å². The highest BCUT2D eigenvalue weighted by Gasteiger charge is 2.36. The number of amides is 1. The molecule has 0 spiro atoms. The number of carbonyl (C=O) groups is 2. The van der Waals surface area contributed by atoms with Crippen LogP contribution in [0.2, 0.25) is 0 Å². The largest absolute Gasteiger partial charge is 0.481 e. The van der Waals surface area contributed by atoms with Crippen molar-refractivity contribution in [3.63, 3.8) is 0 Å². The van der Waals surface area contributed by atoms with Crippen molar-refractivity contribution in [2.45, 2.75) is 44.9 Å². The molecule has 0 atom stereocenters. The Bertz CT molecular complexity index is 571. The Morgan fingerprint density at radius 3 is 2.55 bits per heavy atom. The summed E-state index contributed by atoms with van der Waals surface area (Å²) in [6.45, 7) is 0. The van der Waals surface area contributed by atoms with Crippen LogP contribution < -0.4 is 5.32 Å². The van der Waals surface area contributed by atoms with Gasteiger partial charge in [0.05, 0.1) is 12.1 Å². The first-order chi connectivity index (χ1) is 10.4. The van der Waals surface area contributed by atoms with Gasteiger partial charge >= 0.3 is 5.97 Å². The Morgan fingerprint density at radius 2 is 1.91 bits per heavy atom. The molecular formula is C16H19BrFNO3. The van der Waals surface area contributed by atoms with Crippen LogP contribution in [0.1, 0.15) is 44.9 Å². The number of rotatable bonds is 5. The number of hydrogen-bond acceptors (Lipinski definition) is 2. The van der Waals surface area contributed by atoms with Crippen molar-refractivity contribution >= 4 is 33.5 Å². The van der Waals surface area contributed by atoms with Crippen LogP contribution in [-0.2, 0) is 9.59 Å². The quantitative estimate of drug-likeness (QED) is 0.808. The third kappa shape index (κ3) is 4.53.